The van der Waals surface area contributed by atoms with Crippen LogP contribution in [0.1, 0.15) is 17.3 Å². The number of aromatic nitrogens is 3. The summed E-state index contributed by atoms with van der Waals surface area (Å²) in [7, 11) is -3.96. The number of nitrogens with one attached hydrogen (secondary N) is 1. The van der Waals surface area contributed by atoms with Crippen molar-refractivity contribution in [2.24, 2.45) is 0 Å². The van der Waals surface area contributed by atoms with E-state index in [1.54, 1.807) is 72.5 Å². The molecule has 0 aliphatic carbocycles. The Morgan fingerprint density at radius 2 is 1.88 bits per heavy atom. The Morgan fingerprint density at radius 3 is 2.52 bits per heavy atom. The lowest BCUT2D eigenvalue weighted by Gasteiger charge is -2.23. The van der Waals surface area contributed by atoms with Gasteiger partial charge in [0.1, 0.15) is 4.90 Å². The fourth-order valence-corrected chi connectivity index (χ4v) is 5.22. The van der Waals surface area contributed by atoms with E-state index in [0.29, 0.717) is 22.8 Å². The smallest absolute Gasteiger partial charge is 0.265 e. The summed E-state index contributed by atoms with van der Waals surface area (Å²) >= 11 is 6.25. The molecule has 2 aromatic carbocycles. The lowest BCUT2D eigenvalue weighted by atomic mass is 10.2. The Kier molecular flexibility index (Phi) is 6.43. The molecule has 0 aliphatic rings. The molecule has 4 aromatic rings. The molecule has 0 fully saturated rings. The third-order valence-electron chi connectivity index (χ3n) is 4.84. The number of hydrogen-bond donors (Lipinski definition) is 1. The van der Waals surface area contributed by atoms with Crippen molar-refractivity contribution in [3.63, 3.8) is 0 Å². The summed E-state index contributed by atoms with van der Waals surface area (Å²) in [5, 5.41) is 6.86. The standard InChI is InChI=1S/C23H20ClN5O3S/c1-2-29(19-7-4-3-5-8-19)33(31,32)21-15-18(10-11-20(21)24)27-23(30)17-9-12-22(25-16-17)28-14-6-13-26-28/h3-16H,2H2,1H3,(H,27,30). The van der Waals surface area contributed by atoms with Crippen LogP contribution in [0.25, 0.3) is 5.82 Å². The molecule has 1 amide bonds. The molecule has 0 atom stereocenters. The normalized spacial score (nSPS) is 11.2. The third-order valence-corrected chi connectivity index (χ3v) is 7.22. The number of pyridine rings is 1. The monoisotopic (exact) mass is 481 g/mol. The van der Waals surface area contributed by atoms with Crippen molar-refractivity contribution < 1.29 is 13.2 Å². The third kappa shape index (κ3) is 4.74. The van der Waals surface area contributed by atoms with Crippen molar-refractivity contribution in [2.45, 2.75) is 11.8 Å². The predicted molar refractivity (Wildman–Crippen MR) is 127 cm³/mol. The SMILES string of the molecule is CCN(c1ccccc1)S(=O)(=O)c1cc(NC(=O)c2ccc(-n3cccn3)nc2)ccc1Cl. The van der Waals surface area contributed by atoms with Gasteiger partial charge in [0.15, 0.2) is 5.82 Å². The number of para-hydroxylation sites is 1. The summed E-state index contributed by atoms with van der Waals surface area (Å²) in [6, 6.07) is 18.1. The Bertz CT molecular complexity index is 1360. The molecule has 0 aliphatic heterocycles. The number of amides is 1. The summed E-state index contributed by atoms with van der Waals surface area (Å²) < 4.78 is 29.5. The predicted octanol–water partition coefficient (Wildman–Crippen LogP) is 4.39. The molecule has 1 N–H and O–H groups in total. The first-order chi connectivity index (χ1) is 15.9. The van der Waals surface area contributed by atoms with Crippen molar-refractivity contribution in [3.8, 4) is 5.82 Å². The Labute approximate surface area is 196 Å². The molecular weight excluding hydrogens is 462 g/mol. The molecule has 0 saturated carbocycles. The fourth-order valence-electron chi connectivity index (χ4n) is 3.25. The van der Waals surface area contributed by atoms with E-state index < -0.39 is 15.9 Å². The van der Waals surface area contributed by atoms with Crippen LogP contribution in [0.4, 0.5) is 11.4 Å². The largest absolute Gasteiger partial charge is 0.322 e. The van der Waals surface area contributed by atoms with E-state index in [0.717, 1.165) is 0 Å². The molecule has 0 spiro atoms. The van der Waals surface area contributed by atoms with E-state index in [9.17, 15) is 13.2 Å². The molecule has 8 nitrogen and oxygen atoms in total. The zero-order chi connectivity index (χ0) is 23.4. The number of carbonyl (C=O) groups is 1. The minimum absolute atomic E-state index is 0.0626. The number of halogens is 1. The van der Waals surface area contributed by atoms with Gasteiger partial charge in [-0.3, -0.25) is 9.10 Å². The second-order valence-electron chi connectivity index (χ2n) is 6.96. The number of carbonyl (C=O) groups excluding carboxylic acids is 1. The maximum atomic E-state index is 13.4. The van der Waals surface area contributed by atoms with Crippen LogP contribution in [-0.4, -0.2) is 35.6 Å². The van der Waals surface area contributed by atoms with Crippen molar-refractivity contribution >= 4 is 38.9 Å². The van der Waals surface area contributed by atoms with Gasteiger partial charge in [0.2, 0.25) is 0 Å². The Morgan fingerprint density at radius 1 is 1.09 bits per heavy atom. The van der Waals surface area contributed by atoms with Gasteiger partial charge in [0.25, 0.3) is 15.9 Å². The Hall–Kier alpha value is -3.69. The molecule has 168 valence electrons. The highest BCUT2D eigenvalue weighted by Crippen LogP contribution is 2.30. The highest BCUT2D eigenvalue weighted by Gasteiger charge is 2.26. The first-order valence-electron chi connectivity index (χ1n) is 10.0. The van der Waals surface area contributed by atoms with E-state index in [-0.39, 0.29) is 16.5 Å². The van der Waals surface area contributed by atoms with E-state index in [1.807, 2.05) is 6.07 Å². The summed E-state index contributed by atoms with van der Waals surface area (Å²) in [6.45, 7) is 1.96. The van der Waals surface area contributed by atoms with Crippen LogP contribution >= 0.6 is 11.6 Å². The summed E-state index contributed by atoms with van der Waals surface area (Å²) in [6.07, 6.45) is 4.80. The van der Waals surface area contributed by atoms with Gasteiger partial charge < -0.3 is 5.32 Å². The molecule has 0 unspecified atom stereocenters. The van der Waals surface area contributed by atoms with Crippen LogP contribution in [0.15, 0.2) is 90.2 Å². The first kappa shape index (κ1) is 22.5. The van der Waals surface area contributed by atoms with E-state index in [4.69, 9.17) is 11.6 Å². The number of sulfonamides is 1. The van der Waals surface area contributed by atoms with Gasteiger partial charge in [0.05, 0.1) is 16.3 Å². The molecule has 10 heteroatoms. The van der Waals surface area contributed by atoms with Crippen LogP contribution in [0.3, 0.4) is 0 Å². The van der Waals surface area contributed by atoms with Gasteiger partial charge in [-0.1, -0.05) is 29.8 Å². The van der Waals surface area contributed by atoms with E-state index >= 15 is 0 Å². The van der Waals surface area contributed by atoms with Gasteiger partial charge in [-0.15, -0.1) is 0 Å². The van der Waals surface area contributed by atoms with Crippen molar-refractivity contribution in [1.29, 1.82) is 0 Å². The quantitative estimate of drug-likeness (QED) is 0.422. The van der Waals surface area contributed by atoms with Crippen LogP contribution in [-0.2, 0) is 10.0 Å². The minimum atomic E-state index is -3.96. The van der Waals surface area contributed by atoms with Gasteiger partial charge in [0, 0.05) is 30.8 Å². The number of anilines is 2. The highest BCUT2D eigenvalue weighted by molar-refractivity contribution is 7.93. The van der Waals surface area contributed by atoms with Crippen LogP contribution in [0.5, 0.6) is 0 Å². The lowest BCUT2D eigenvalue weighted by molar-refractivity contribution is 0.102. The fraction of sp³-hybridized carbons (Fsp3) is 0.0870. The first-order valence-corrected chi connectivity index (χ1v) is 11.9. The second-order valence-corrected chi connectivity index (χ2v) is 9.20. The lowest BCUT2D eigenvalue weighted by Crippen LogP contribution is -2.31. The topological polar surface area (TPSA) is 97.2 Å². The van der Waals surface area contributed by atoms with Crippen molar-refractivity contribution in [2.75, 3.05) is 16.2 Å². The average molecular weight is 482 g/mol. The maximum Gasteiger partial charge on any atom is 0.265 e. The van der Waals surface area contributed by atoms with Crippen molar-refractivity contribution in [3.05, 3.63) is 95.9 Å². The summed E-state index contributed by atoms with van der Waals surface area (Å²) in [5.41, 5.74) is 1.13. The zero-order valence-corrected chi connectivity index (χ0v) is 19.2. The van der Waals surface area contributed by atoms with Crippen LogP contribution < -0.4 is 9.62 Å². The molecule has 2 heterocycles. The van der Waals surface area contributed by atoms with Gasteiger partial charge >= 0.3 is 0 Å². The summed E-state index contributed by atoms with van der Waals surface area (Å²) in [5.74, 6) is 0.132. The Balaban J connectivity index is 1.59. The maximum absolute atomic E-state index is 13.4. The van der Waals surface area contributed by atoms with E-state index in [1.165, 1.54) is 22.6 Å². The zero-order valence-electron chi connectivity index (χ0n) is 17.6. The van der Waals surface area contributed by atoms with Gasteiger partial charge in [-0.25, -0.2) is 18.1 Å². The van der Waals surface area contributed by atoms with Gasteiger partial charge in [-0.2, -0.15) is 5.10 Å². The summed E-state index contributed by atoms with van der Waals surface area (Å²) in [4.78, 5) is 16.8. The molecule has 4 rings (SSSR count). The van der Waals surface area contributed by atoms with Gasteiger partial charge in [-0.05, 0) is 55.5 Å². The number of benzene rings is 2. The number of rotatable bonds is 7. The minimum Gasteiger partial charge on any atom is -0.322 e. The van der Waals surface area contributed by atoms with Crippen LogP contribution in [0, 0.1) is 0 Å². The van der Waals surface area contributed by atoms with Crippen LogP contribution in [0.2, 0.25) is 5.02 Å². The number of hydrogen-bond acceptors (Lipinski definition) is 5. The molecule has 0 radical (unpaired) electrons. The molecule has 33 heavy (non-hydrogen) atoms. The second kappa shape index (κ2) is 9.43. The van der Waals surface area contributed by atoms with Crippen molar-refractivity contribution in [1.82, 2.24) is 14.8 Å². The average Bonchev–Trinajstić information content (AvgIpc) is 3.36. The number of nitrogens with zero attached hydrogens (tertiary/aromatic N) is 4. The highest BCUT2D eigenvalue weighted by atomic mass is 35.5. The molecule has 0 saturated heterocycles. The molecular formula is C23H20ClN5O3S. The van der Waals surface area contributed by atoms with E-state index in [2.05, 4.69) is 15.4 Å². The molecule has 0 bridgehead atoms. The molecule has 2 aromatic heterocycles.